The number of anilines is 1. The number of urea groups is 1. The van der Waals surface area contributed by atoms with Crippen LogP contribution in [-0.4, -0.2) is 68.0 Å². The van der Waals surface area contributed by atoms with Crippen molar-refractivity contribution in [2.45, 2.75) is 39.3 Å². The molecule has 1 aromatic rings. The zero-order valence-electron chi connectivity index (χ0n) is 18.6. The van der Waals surface area contributed by atoms with Gasteiger partial charge in [-0.1, -0.05) is 26.0 Å². The van der Waals surface area contributed by atoms with Gasteiger partial charge in [-0.3, -0.25) is 19.2 Å². The lowest BCUT2D eigenvalue weighted by Crippen LogP contribution is -2.63. The molecule has 0 saturated carbocycles. The molecule has 13 heteroatoms. The predicted molar refractivity (Wildman–Crippen MR) is 117 cm³/mol. The predicted octanol–water partition coefficient (Wildman–Crippen LogP) is -0.00630. The fourth-order valence-electron chi connectivity index (χ4n) is 3.29. The Kier molecular flexibility index (Phi) is 7.95. The Balaban J connectivity index is 2.56. The number of hydrogen-bond acceptors (Lipinski definition) is 7. The molecule has 1 heterocycles. The van der Waals surface area contributed by atoms with Crippen molar-refractivity contribution in [1.82, 2.24) is 20.7 Å². The highest BCUT2D eigenvalue weighted by atomic mass is 16.4. The zero-order valence-corrected chi connectivity index (χ0v) is 18.6. The Bertz CT molecular complexity index is 1030. The van der Waals surface area contributed by atoms with E-state index in [-0.39, 0.29) is 5.70 Å². The number of benzene rings is 1. The molecule has 1 fully saturated rings. The lowest BCUT2D eigenvalue weighted by atomic mass is 10.0. The van der Waals surface area contributed by atoms with Gasteiger partial charge < -0.3 is 26.6 Å². The Morgan fingerprint density at radius 1 is 1.15 bits per heavy atom. The van der Waals surface area contributed by atoms with Gasteiger partial charge in [-0.15, -0.1) is 0 Å². The molecule has 0 aliphatic carbocycles. The van der Waals surface area contributed by atoms with Crippen LogP contribution in [0.5, 0.6) is 0 Å². The van der Waals surface area contributed by atoms with E-state index >= 15 is 0 Å². The van der Waals surface area contributed by atoms with Crippen LogP contribution in [0.25, 0.3) is 6.08 Å². The molecule has 0 unspecified atom stereocenters. The van der Waals surface area contributed by atoms with E-state index in [4.69, 9.17) is 10.8 Å². The molecule has 0 bridgehead atoms. The number of aliphatic carboxylic acids is 2. The highest BCUT2D eigenvalue weighted by Gasteiger charge is 2.48. The molecule has 5 amide bonds. The molecule has 0 spiro atoms. The van der Waals surface area contributed by atoms with E-state index in [0.29, 0.717) is 21.3 Å². The standard InChI is InChI=1S/C21H25N5O8/c1-10(2)17(20(32)33)25(18(30)15(9-16(28)29)23-11(3)27)26-19(31)14(24-21(26)34)8-12-4-6-13(22)7-5-12/h4-8,10,15,17H,9,22H2,1-3H3,(H,23,27)(H,24,34)(H,28,29)(H,32,33)/t15-,17-/m0/s1. The molecule has 1 aliphatic heterocycles. The van der Waals surface area contributed by atoms with Crippen LogP contribution in [0.4, 0.5) is 10.5 Å². The Morgan fingerprint density at radius 3 is 2.21 bits per heavy atom. The molecule has 1 aromatic carbocycles. The summed E-state index contributed by atoms with van der Waals surface area (Å²) in [6, 6.07) is 1.67. The second-order valence-electron chi connectivity index (χ2n) is 7.83. The van der Waals surface area contributed by atoms with Crippen molar-refractivity contribution in [3.63, 3.8) is 0 Å². The van der Waals surface area contributed by atoms with Crippen molar-refractivity contribution in [2.24, 2.45) is 5.92 Å². The van der Waals surface area contributed by atoms with E-state index in [1.54, 1.807) is 24.3 Å². The van der Waals surface area contributed by atoms with Crippen LogP contribution in [0.2, 0.25) is 0 Å². The van der Waals surface area contributed by atoms with Gasteiger partial charge in [0.15, 0.2) is 6.04 Å². The second kappa shape index (κ2) is 10.5. The fourth-order valence-corrected chi connectivity index (χ4v) is 3.29. The molecular formula is C21H25N5O8. The quantitative estimate of drug-likeness (QED) is 0.185. The van der Waals surface area contributed by atoms with Crippen LogP contribution in [-0.2, 0) is 24.0 Å². The molecule has 182 valence electrons. The smallest absolute Gasteiger partial charge is 0.348 e. The number of rotatable bonds is 9. The van der Waals surface area contributed by atoms with E-state index in [1.807, 2.05) is 0 Å². The van der Waals surface area contributed by atoms with Gasteiger partial charge in [0.25, 0.3) is 11.8 Å². The van der Waals surface area contributed by atoms with Gasteiger partial charge in [-0.05, 0) is 29.7 Å². The molecule has 2 rings (SSSR count). The lowest BCUT2D eigenvalue weighted by molar-refractivity contribution is -0.171. The number of imide groups is 1. The van der Waals surface area contributed by atoms with Crippen LogP contribution in [0.3, 0.4) is 0 Å². The lowest BCUT2D eigenvalue weighted by Gasteiger charge is -2.37. The first-order chi connectivity index (χ1) is 15.8. The molecule has 1 aliphatic rings. The van der Waals surface area contributed by atoms with Gasteiger partial charge in [0.2, 0.25) is 5.91 Å². The minimum Gasteiger partial charge on any atom is -0.481 e. The maximum absolute atomic E-state index is 13.3. The highest BCUT2D eigenvalue weighted by Crippen LogP contribution is 2.23. The Hall–Kier alpha value is -4.42. The third-order valence-corrected chi connectivity index (χ3v) is 4.75. The third kappa shape index (κ3) is 5.88. The average Bonchev–Trinajstić information content (AvgIpc) is 2.98. The fraction of sp³-hybridized carbons (Fsp3) is 0.333. The van der Waals surface area contributed by atoms with Gasteiger partial charge in [0.1, 0.15) is 11.7 Å². The molecule has 0 radical (unpaired) electrons. The molecule has 13 nitrogen and oxygen atoms in total. The number of nitrogens with one attached hydrogen (secondary N) is 2. The van der Waals surface area contributed by atoms with Crippen LogP contribution in [0.1, 0.15) is 32.8 Å². The number of nitrogens with two attached hydrogens (primary N) is 1. The zero-order chi connectivity index (χ0) is 25.7. The number of carbonyl (C=O) groups excluding carboxylic acids is 4. The first-order valence-corrected chi connectivity index (χ1v) is 10.1. The number of carboxylic acids is 2. The number of carboxylic acid groups (broad SMARTS) is 2. The monoisotopic (exact) mass is 475 g/mol. The molecule has 1 saturated heterocycles. The van der Waals surface area contributed by atoms with Gasteiger partial charge >= 0.3 is 18.0 Å². The summed E-state index contributed by atoms with van der Waals surface area (Å²) in [6.07, 6.45) is 0.396. The first kappa shape index (κ1) is 25.8. The molecular weight excluding hydrogens is 450 g/mol. The highest BCUT2D eigenvalue weighted by molar-refractivity contribution is 6.15. The van der Waals surface area contributed by atoms with E-state index in [9.17, 15) is 33.9 Å². The van der Waals surface area contributed by atoms with Gasteiger partial charge in [-0.2, -0.15) is 5.01 Å². The molecule has 2 atom stereocenters. The molecule has 34 heavy (non-hydrogen) atoms. The number of nitrogens with zero attached hydrogens (tertiary/aromatic N) is 2. The number of nitrogen functional groups attached to an aromatic ring is 1. The summed E-state index contributed by atoms with van der Waals surface area (Å²) < 4.78 is 0. The first-order valence-electron chi connectivity index (χ1n) is 10.1. The Morgan fingerprint density at radius 2 is 1.74 bits per heavy atom. The van der Waals surface area contributed by atoms with Crippen LogP contribution in [0.15, 0.2) is 30.0 Å². The summed E-state index contributed by atoms with van der Waals surface area (Å²) in [5.74, 6) is -6.89. The summed E-state index contributed by atoms with van der Waals surface area (Å²) in [5, 5.41) is 24.0. The number of hydrogen-bond donors (Lipinski definition) is 5. The van der Waals surface area contributed by atoms with Crippen molar-refractivity contribution in [1.29, 1.82) is 0 Å². The number of hydrazine groups is 1. The SMILES string of the molecule is CC(=O)N[C@@H](CC(=O)O)C(=O)N([C@H](C(=O)O)C(C)C)N1C(=O)NC(=Cc2ccc(N)cc2)C1=O. The summed E-state index contributed by atoms with van der Waals surface area (Å²) in [4.78, 5) is 74.0. The third-order valence-electron chi connectivity index (χ3n) is 4.75. The van der Waals surface area contributed by atoms with Gasteiger partial charge in [-0.25, -0.2) is 14.6 Å². The molecule has 0 aromatic heterocycles. The minimum atomic E-state index is -1.73. The van der Waals surface area contributed by atoms with Crippen molar-refractivity contribution < 1.29 is 39.0 Å². The summed E-state index contributed by atoms with van der Waals surface area (Å²) in [6.45, 7) is 3.91. The van der Waals surface area contributed by atoms with E-state index in [0.717, 1.165) is 6.92 Å². The minimum absolute atomic E-state index is 0.255. The summed E-state index contributed by atoms with van der Waals surface area (Å²) >= 11 is 0. The van der Waals surface area contributed by atoms with Crippen LogP contribution >= 0.6 is 0 Å². The van der Waals surface area contributed by atoms with Gasteiger partial charge in [0, 0.05) is 12.6 Å². The normalized spacial score (nSPS) is 16.2. The summed E-state index contributed by atoms with van der Waals surface area (Å²) in [7, 11) is 0. The van der Waals surface area contributed by atoms with Crippen LogP contribution < -0.4 is 16.4 Å². The van der Waals surface area contributed by atoms with Crippen LogP contribution in [0, 0.1) is 5.92 Å². The van der Waals surface area contributed by atoms with E-state index in [2.05, 4.69) is 10.6 Å². The van der Waals surface area contributed by atoms with Crippen molar-refractivity contribution in [3.8, 4) is 0 Å². The maximum atomic E-state index is 13.3. The van der Waals surface area contributed by atoms with E-state index < -0.39 is 60.1 Å². The largest absolute Gasteiger partial charge is 0.481 e. The number of amides is 5. The van der Waals surface area contributed by atoms with Gasteiger partial charge in [0.05, 0.1) is 6.42 Å². The van der Waals surface area contributed by atoms with Crippen molar-refractivity contribution >= 4 is 47.5 Å². The average molecular weight is 475 g/mol. The summed E-state index contributed by atoms with van der Waals surface area (Å²) in [5.41, 5.74) is 6.32. The second-order valence-corrected chi connectivity index (χ2v) is 7.83. The van der Waals surface area contributed by atoms with Crippen molar-refractivity contribution in [3.05, 3.63) is 35.5 Å². The van der Waals surface area contributed by atoms with Crippen molar-refractivity contribution in [2.75, 3.05) is 5.73 Å². The topological polar surface area (TPSA) is 199 Å². The number of carbonyl (C=O) groups is 6. The van der Waals surface area contributed by atoms with E-state index in [1.165, 1.54) is 19.9 Å². The Labute approximate surface area is 194 Å². The molecule has 6 N–H and O–H groups in total. The maximum Gasteiger partial charge on any atom is 0.348 e.